The van der Waals surface area contributed by atoms with E-state index in [1.165, 1.54) is 13.8 Å². The maximum atomic E-state index is 12.7. The molecule has 1 aliphatic rings. The van der Waals surface area contributed by atoms with Gasteiger partial charge in [-0.1, -0.05) is 67.6 Å². The quantitative estimate of drug-likeness (QED) is 0.119. The molecule has 1 saturated heterocycles. The third-order valence-electron chi connectivity index (χ3n) is 7.88. The highest BCUT2D eigenvalue weighted by Crippen LogP contribution is 2.43. The van der Waals surface area contributed by atoms with Crippen LogP contribution in [0.15, 0.2) is 102 Å². The number of aliphatic hydroxyl groups excluding tert-OH is 1. The molecule has 2 amide bonds. The Bertz CT molecular complexity index is 1660. The van der Waals surface area contributed by atoms with Gasteiger partial charge in [-0.3, -0.25) is 14.4 Å². The van der Waals surface area contributed by atoms with Crippen molar-refractivity contribution in [2.24, 2.45) is 5.92 Å². The van der Waals surface area contributed by atoms with E-state index in [0.717, 1.165) is 32.8 Å². The minimum Gasteiger partial charge on any atom is -0.392 e. The van der Waals surface area contributed by atoms with Gasteiger partial charge in [0, 0.05) is 46.0 Å². The van der Waals surface area contributed by atoms with Crippen molar-refractivity contribution >= 4 is 40.7 Å². The maximum absolute atomic E-state index is 12.7. The van der Waals surface area contributed by atoms with E-state index in [4.69, 9.17) is 9.47 Å². The van der Waals surface area contributed by atoms with Crippen molar-refractivity contribution in [2.75, 3.05) is 16.4 Å². The number of ketones is 1. The van der Waals surface area contributed by atoms with E-state index in [2.05, 4.69) is 17.6 Å². The van der Waals surface area contributed by atoms with Crippen LogP contribution in [-0.2, 0) is 32.1 Å². The van der Waals surface area contributed by atoms with Crippen LogP contribution in [0, 0.1) is 5.92 Å². The van der Waals surface area contributed by atoms with Gasteiger partial charge >= 0.3 is 0 Å². The first-order valence-electron chi connectivity index (χ1n) is 15.2. The standard InChI is InChI=1S/C37H38N2O6S/c1-23-34(22-46-33-17-15-31(16-18-33)38-25(3)42)44-37(45-36(23)28-11-9-27(21-40)10-12-28)29-13-7-26(8-14-29)19-35(43)39-32-6-4-5-30(20-32)24(2)41/h4-18,20,23,34,36-37,40H,19,21-22H2,1-3H3,(H,38,42)(H,39,43)/t23-,34+,36+,37?/m0/s1. The fourth-order valence-corrected chi connectivity index (χ4v) is 6.39. The maximum Gasteiger partial charge on any atom is 0.228 e. The number of aliphatic hydroxyl groups is 1. The molecular formula is C37H38N2O6S. The molecule has 46 heavy (non-hydrogen) atoms. The first-order valence-corrected chi connectivity index (χ1v) is 16.2. The zero-order valence-electron chi connectivity index (χ0n) is 26.1. The molecular weight excluding hydrogens is 600 g/mol. The molecule has 238 valence electrons. The Hall–Kier alpha value is -4.28. The zero-order valence-corrected chi connectivity index (χ0v) is 26.9. The van der Waals surface area contributed by atoms with Crippen LogP contribution in [0.1, 0.15) is 65.8 Å². The number of hydrogen-bond acceptors (Lipinski definition) is 7. The number of Topliss-reactive ketones (excluding diaryl/α,β-unsaturated/α-hetero) is 1. The van der Waals surface area contributed by atoms with Crippen molar-refractivity contribution in [3.8, 4) is 0 Å². The van der Waals surface area contributed by atoms with Crippen LogP contribution in [0.2, 0.25) is 0 Å². The van der Waals surface area contributed by atoms with Gasteiger partial charge in [-0.25, -0.2) is 0 Å². The average molecular weight is 639 g/mol. The molecule has 1 heterocycles. The fourth-order valence-electron chi connectivity index (χ4n) is 5.33. The monoisotopic (exact) mass is 638 g/mol. The van der Waals surface area contributed by atoms with Gasteiger partial charge in [-0.05, 0) is 60.0 Å². The van der Waals surface area contributed by atoms with E-state index in [1.54, 1.807) is 36.0 Å². The molecule has 1 fully saturated rings. The Labute approximate surface area is 273 Å². The molecule has 1 unspecified atom stereocenters. The predicted molar refractivity (Wildman–Crippen MR) is 180 cm³/mol. The molecule has 4 aromatic carbocycles. The van der Waals surface area contributed by atoms with E-state index in [9.17, 15) is 19.5 Å². The largest absolute Gasteiger partial charge is 0.392 e. The SMILES string of the molecule is CC(=O)Nc1ccc(SC[C@H]2OC(c3ccc(CC(=O)Nc4cccc(C(C)=O)c4)cc3)O[C@@H](c3ccc(CO)cc3)[C@H]2C)cc1. The van der Waals surface area contributed by atoms with Crippen LogP contribution in [-0.4, -0.2) is 34.6 Å². The number of hydrogen-bond donors (Lipinski definition) is 3. The molecule has 0 aliphatic carbocycles. The lowest BCUT2D eigenvalue weighted by Gasteiger charge is -2.41. The highest BCUT2D eigenvalue weighted by molar-refractivity contribution is 7.99. The summed E-state index contributed by atoms with van der Waals surface area (Å²) in [7, 11) is 0. The topological polar surface area (TPSA) is 114 Å². The number of amides is 2. The minimum absolute atomic E-state index is 0.0255. The first kappa shape index (κ1) is 33.1. The van der Waals surface area contributed by atoms with Crippen molar-refractivity contribution < 1.29 is 29.0 Å². The summed E-state index contributed by atoms with van der Waals surface area (Å²) in [6.45, 7) is 5.08. The number of rotatable bonds is 11. The lowest BCUT2D eigenvalue weighted by molar-refractivity contribution is -0.268. The van der Waals surface area contributed by atoms with Gasteiger partial charge in [0.15, 0.2) is 12.1 Å². The highest BCUT2D eigenvalue weighted by Gasteiger charge is 2.38. The molecule has 3 N–H and O–H groups in total. The molecule has 9 heteroatoms. The summed E-state index contributed by atoms with van der Waals surface area (Å²) in [6.07, 6.45) is -0.829. The van der Waals surface area contributed by atoms with Crippen molar-refractivity contribution in [2.45, 2.75) is 57.2 Å². The third-order valence-corrected chi connectivity index (χ3v) is 8.98. The Balaban J connectivity index is 1.29. The van der Waals surface area contributed by atoms with Gasteiger partial charge in [0.1, 0.15) is 0 Å². The molecule has 0 radical (unpaired) electrons. The van der Waals surface area contributed by atoms with Crippen molar-refractivity contribution in [3.63, 3.8) is 0 Å². The average Bonchev–Trinajstić information content (AvgIpc) is 3.05. The Kier molecular flexibility index (Phi) is 11.0. The third kappa shape index (κ3) is 8.70. The van der Waals surface area contributed by atoms with Crippen LogP contribution in [0.3, 0.4) is 0 Å². The second kappa shape index (κ2) is 15.3. The molecule has 0 saturated carbocycles. The smallest absolute Gasteiger partial charge is 0.228 e. The van der Waals surface area contributed by atoms with Crippen LogP contribution in [0.5, 0.6) is 0 Å². The Morgan fingerprint density at radius 2 is 1.46 bits per heavy atom. The number of ether oxygens (including phenoxy) is 2. The summed E-state index contributed by atoms with van der Waals surface area (Å²) >= 11 is 1.68. The fraction of sp³-hybridized carbons (Fsp3) is 0.270. The number of thioether (sulfide) groups is 1. The van der Waals surface area contributed by atoms with Crippen molar-refractivity contribution in [1.82, 2.24) is 0 Å². The number of benzene rings is 4. The lowest BCUT2D eigenvalue weighted by Crippen LogP contribution is -2.38. The van der Waals surface area contributed by atoms with Crippen molar-refractivity contribution in [3.05, 3.63) is 125 Å². The van der Waals surface area contributed by atoms with Gasteiger partial charge in [0.25, 0.3) is 0 Å². The second-order valence-electron chi connectivity index (χ2n) is 11.4. The Morgan fingerprint density at radius 3 is 2.11 bits per heavy atom. The summed E-state index contributed by atoms with van der Waals surface area (Å²) < 4.78 is 13.1. The molecule has 0 aromatic heterocycles. The first-order chi connectivity index (χ1) is 22.2. The van der Waals surface area contributed by atoms with Gasteiger partial charge in [0.2, 0.25) is 11.8 Å². The molecule has 5 rings (SSSR count). The van der Waals surface area contributed by atoms with E-state index in [-0.39, 0.29) is 48.8 Å². The highest BCUT2D eigenvalue weighted by atomic mass is 32.2. The van der Waals surface area contributed by atoms with Crippen LogP contribution in [0.25, 0.3) is 0 Å². The normalized spacial score (nSPS) is 19.3. The number of anilines is 2. The van der Waals surface area contributed by atoms with E-state index < -0.39 is 6.29 Å². The number of nitrogens with one attached hydrogen (secondary N) is 2. The second-order valence-corrected chi connectivity index (χ2v) is 12.5. The molecule has 1 aliphatic heterocycles. The van der Waals surface area contributed by atoms with Gasteiger partial charge in [-0.2, -0.15) is 0 Å². The number of carbonyl (C=O) groups excluding carboxylic acids is 3. The van der Waals surface area contributed by atoms with E-state index >= 15 is 0 Å². The van der Waals surface area contributed by atoms with E-state index in [1.807, 2.05) is 72.8 Å². The zero-order chi connectivity index (χ0) is 32.6. The lowest BCUT2D eigenvalue weighted by atomic mass is 9.91. The molecule has 8 nitrogen and oxygen atoms in total. The van der Waals surface area contributed by atoms with Gasteiger partial charge in [0.05, 0.1) is 25.2 Å². The summed E-state index contributed by atoms with van der Waals surface area (Å²) in [4.78, 5) is 36.9. The molecule has 4 aromatic rings. The Morgan fingerprint density at radius 1 is 0.783 bits per heavy atom. The van der Waals surface area contributed by atoms with Crippen LogP contribution in [0.4, 0.5) is 11.4 Å². The van der Waals surface area contributed by atoms with Crippen molar-refractivity contribution in [1.29, 1.82) is 0 Å². The van der Waals surface area contributed by atoms with Crippen LogP contribution >= 0.6 is 11.8 Å². The predicted octanol–water partition coefficient (Wildman–Crippen LogP) is 7.10. The summed E-state index contributed by atoms with van der Waals surface area (Å²) in [5, 5.41) is 15.2. The number of carbonyl (C=O) groups is 3. The van der Waals surface area contributed by atoms with Crippen LogP contribution < -0.4 is 10.6 Å². The van der Waals surface area contributed by atoms with Gasteiger partial charge in [-0.15, -0.1) is 11.8 Å². The van der Waals surface area contributed by atoms with E-state index in [0.29, 0.717) is 17.0 Å². The minimum atomic E-state index is -0.622. The molecule has 4 atom stereocenters. The molecule has 0 spiro atoms. The molecule has 0 bridgehead atoms. The summed E-state index contributed by atoms with van der Waals surface area (Å²) in [6, 6.07) is 30.1. The summed E-state index contributed by atoms with van der Waals surface area (Å²) in [5.74, 6) is 0.375. The summed E-state index contributed by atoms with van der Waals surface area (Å²) in [5.41, 5.74) is 5.40. The van der Waals surface area contributed by atoms with Gasteiger partial charge < -0.3 is 25.2 Å².